The van der Waals surface area contributed by atoms with Gasteiger partial charge in [-0.05, 0) is 69.2 Å². The average Bonchev–Trinajstić information content (AvgIpc) is 2.66. The van der Waals surface area contributed by atoms with Crippen LogP contribution in [0.4, 0.5) is 4.79 Å². The summed E-state index contributed by atoms with van der Waals surface area (Å²) in [5.74, 6) is 0.901. The number of nitrogens with zero attached hydrogens (tertiary/aromatic N) is 2. The van der Waals surface area contributed by atoms with E-state index >= 15 is 0 Å². The Labute approximate surface area is 167 Å². The molecule has 0 unspecified atom stereocenters. The van der Waals surface area contributed by atoms with Crippen molar-refractivity contribution < 1.29 is 9.53 Å². The first-order chi connectivity index (χ1) is 13.1. The van der Waals surface area contributed by atoms with Gasteiger partial charge in [-0.3, -0.25) is 9.91 Å². The van der Waals surface area contributed by atoms with Gasteiger partial charge in [-0.15, -0.1) is 0 Å². The van der Waals surface area contributed by atoms with Crippen molar-refractivity contribution in [3.63, 3.8) is 0 Å². The van der Waals surface area contributed by atoms with Crippen molar-refractivity contribution in [3.8, 4) is 5.75 Å². The number of hydrogen-bond acceptors (Lipinski definition) is 4. The molecule has 1 fully saturated rings. The lowest BCUT2D eigenvalue weighted by Gasteiger charge is -2.26. The third kappa shape index (κ3) is 8.01. The summed E-state index contributed by atoms with van der Waals surface area (Å²) in [5, 5.41) is 5.04. The molecule has 1 saturated heterocycles. The summed E-state index contributed by atoms with van der Waals surface area (Å²) in [6.07, 6.45) is 4.75. The first-order valence-corrected chi connectivity index (χ1v) is 10.0. The fraction of sp³-hybridized carbons (Fsp3) is 0.579. The molecule has 0 aliphatic carbocycles. The van der Waals surface area contributed by atoms with Crippen LogP contribution >= 0.6 is 12.2 Å². The Kier molecular flexibility index (Phi) is 9.13. The molecule has 8 heteroatoms. The fourth-order valence-corrected chi connectivity index (χ4v) is 3.35. The molecule has 27 heavy (non-hydrogen) atoms. The van der Waals surface area contributed by atoms with Crippen molar-refractivity contribution >= 4 is 23.4 Å². The van der Waals surface area contributed by atoms with E-state index in [2.05, 4.69) is 33.8 Å². The van der Waals surface area contributed by atoms with Crippen LogP contribution in [0.25, 0.3) is 0 Å². The molecule has 1 aliphatic heterocycles. The number of thiocarbonyl (C=S) groups is 1. The molecular weight excluding hydrogens is 362 g/mol. The van der Waals surface area contributed by atoms with Gasteiger partial charge < -0.3 is 15.8 Å². The summed E-state index contributed by atoms with van der Waals surface area (Å²) >= 11 is 5.23. The summed E-state index contributed by atoms with van der Waals surface area (Å²) in [4.78, 5) is 13.4. The number of hydrazine groups is 1. The molecule has 0 spiro atoms. The van der Waals surface area contributed by atoms with Crippen LogP contribution < -0.4 is 21.2 Å². The van der Waals surface area contributed by atoms with Crippen LogP contribution in [-0.2, 0) is 6.54 Å². The Bertz CT molecular complexity index is 608. The van der Waals surface area contributed by atoms with Crippen LogP contribution in [0.5, 0.6) is 5.75 Å². The van der Waals surface area contributed by atoms with Crippen LogP contribution in [0.3, 0.4) is 0 Å². The van der Waals surface area contributed by atoms with Crippen molar-refractivity contribution in [1.82, 2.24) is 20.7 Å². The summed E-state index contributed by atoms with van der Waals surface area (Å²) in [5.41, 5.74) is 8.88. The van der Waals surface area contributed by atoms with Crippen molar-refractivity contribution in [2.75, 3.05) is 32.8 Å². The van der Waals surface area contributed by atoms with Crippen LogP contribution in [0.1, 0.15) is 38.2 Å². The number of amides is 2. The Hall–Kier alpha value is -2.06. The van der Waals surface area contributed by atoms with Gasteiger partial charge >= 0.3 is 6.03 Å². The third-order valence-electron chi connectivity index (χ3n) is 4.43. The molecule has 0 bridgehead atoms. The average molecular weight is 394 g/mol. The van der Waals surface area contributed by atoms with Gasteiger partial charge in [0.1, 0.15) is 5.75 Å². The predicted molar refractivity (Wildman–Crippen MR) is 111 cm³/mol. The number of nitrogens with two attached hydrogens (primary N) is 1. The number of piperidine rings is 1. The maximum absolute atomic E-state index is 10.9. The van der Waals surface area contributed by atoms with Crippen LogP contribution in [0.2, 0.25) is 0 Å². The number of carbonyl (C=O) groups excluding carboxylic acids is 1. The molecule has 150 valence electrons. The van der Waals surface area contributed by atoms with E-state index in [1.807, 2.05) is 13.0 Å². The van der Waals surface area contributed by atoms with Crippen molar-refractivity contribution in [2.24, 2.45) is 5.73 Å². The van der Waals surface area contributed by atoms with Gasteiger partial charge in [-0.2, -0.15) is 0 Å². The van der Waals surface area contributed by atoms with Gasteiger partial charge in [-0.25, -0.2) is 10.2 Å². The van der Waals surface area contributed by atoms with Gasteiger partial charge in [0.25, 0.3) is 0 Å². The molecule has 4 N–H and O–H groups in total. The maximum Gasteiger partial charge on any atom is 0.331 e. The van der Waals surface area contributed by atoms with Gasteiger partial charge in [-0.1, -0.05) is 18.6 Å². The highest BCUT2D eigenvalue weighted by molar-refractivity contribution is 7.80. The van der Waals surface area contributed by atoms with Crippen molar-refractivity contribution in [1.29, 1.82) is 0 Å². The van der Waals surface area contributed by atoms with Crippen molar-refractivity contribution in [2.45, 2.75) is 39.2 Å². The smallest absolute Gasteiger partial charge is 0.331 e. The number of primary amides is 1. The van der Waals surface area contributed by atoms with E-state index in [9.17, 15) is 4.79 Å². The molecule has 1 aliphatic rings. The van der Waals surface area contributed by atoms with E-state index in [1.165, 1.54) is 42.9 Å². The SMILES string of the molecule is CCN(NC(N)=O)C(=S)NCCCOc1cccc(CN2CCCCC2)c1. The van der Waals surface area contributed by atoms with E-state index in [0.717, 1.165) is 18.7 Å². The fourth-order valence-electron chi connectivity index (χ4n) is 3.07. The molecule has 0 aromatic heterocycles. The van der Waals surface area contributed by atoms with Gasteiger partial charge in [0.05, 0.1) is 6.61 Å². The van der Waals surface area contributed by atoms with E-state index in [0.29, 0.717) is 24.8 Å². The minimum atomic E-state index is -0.631. The minimum absolute atomic E-state index is 0.444. The lowest BCUT2D eigenvalue weighted by atomic mass is 10.1. The molecule has 1 heterocycles. The maximum atomic E-state index is 10.9. The lowest BCUT2D eigenvalue weighted by Crippen LogP contribution is -2.52. The molecule has 1 aromatic carbocycles. The Morgan fingerprint density at radius 2 is 2.11 bits per heavy atom. The monoisotopic (exact) mass is 393 g/mol. The number of likely N-dealkylation sites (tertiary alicyclic amines) is 1. The second-order valence-corrected chi connectivity index (χ2v) is 7.03. The third-order valence-corrected chi connectivity index (χ3v) is 4.79. The van der Waals surface area contributed by atoms with Gasteiger partial charge in [0.2, 0.25) is 0 Å². The zero-order chi connectivity index (χ0) is 19.5. The zero-order valence-corrected chi connectivity index (χ0v) is 16.9. The number of urea groups is 1. The van der Waals surface area contributed by atoms with E-state index in [-0.39, 0.29) is 0 Å². The molecule has 0 saturated carbocycles. The van der Waals surface area contributed by atoms with E-state index < -0.39 is 6.03 Å². The van der Waals surface area contributed by atoms with Crippen LogP contribution in [0.15, 0.2) is 24.3 Å². The number of ether oxygens (including phenoxy) is 1. The molecule has 0 radical (unpaired) electrons. The highest BCUT2D eigenvalue weighted by atomic mass is 32.1. The van der Waals surface area contributed by atoms with E-state index in [1.54, 1.807) is 0 Å². The normalized spacial score (nSPS) is 14.4. The largest absolute Gasteiger partial charge is 0.494 e. The first-order valence-electron chi connectivity index (χ1n) is 9.64. The Morgan fingerprint density at radius 1 is 1.33 bits per heavy atom. The first kappa shape index (κ1) is 21.2. The van der Waals surface area contributed by atoms with Gasteiger partial charge in [0, 0.05) is 19.6 Å². The predicted octanol–water partition coefficient (Wildman–Crippen LogP) is 2.22. The topological polar surface area (TPSA) is 82.9 Å². The zero-order valence-electron chi connectivity index (χ0n) is 16.1. The molecule has 0 atom stereocenters. The molecular formula is C19H31N5O2S. The second-order valence-electron chi connectivity index (χ2n) is 6.64. The lowest BCUT2D eigenvalue weighted by molar-refractivity contribution is 0.220. The molecule has 7 nitrogen and oxygen atoms in total. The number of carbonyl (C=O) groups is 1. The highest BCUT2D eigenvalue weighted by Crippen LogP contribution is 2.17. The standard InChI is InChI=1S/C19H31N5O2S/c1-2-24(22-18(20)25)19(27)21-10-7-13-26-17-9-6-8-16(14-17)15-23-11-4-3-5-12-23/h6,8-9,14H,2-5,7,10-13,15H2,1H3,(H,21,27)(H3,20,22,25). The number of hydrogen-bond donors (Lipinski definition) is 3. The Balaban J connectivity index is 1.67. The number of nitrogens with one attached hydrogen (secondary N) is 2. The molecule has 1 aromatic rings. The minimum Gasteiger partial charge on any atom is -0.494 e. The summed E-state index contributed by atoms with van der Waals surface area (Å²) in [7, 11) is 0. The molecule has 2 amide bonds. The number of rotatable bonds is 8. The summed E-state index contributed by atoms with van der Waals surface area (Å²) in [6, 6.07) is 7.70. The summed E-state index contributed by atoms with van der Waals surface area (Å²) in [6.45, 7) is 7.04. The highest BCUT2D eigenvalue weighted by Gasteiger charge is 2.11. The van der Waals surface area contributed by atoms with Crippen LogP contribution in [-0.4, -0.2) is 53.8 Å². The summed E-state index contributed by atoms with van der Waals surface area (Å²) < 4.78 is 5.86. The van der Waals surface area contributed by atoms with Crippen LogP contribution in [0, 0.1) is 0 Å². The Morgan fingerprint density at radius 3 is 2.81 bits per heavy atom. The van der Waals surface area contributed by atoms with Crippen molar-refractivity contribution in [3.05, 3.63) is 29.8 Å². The molecule has 2 rings (SSSR count). The van der Waals surface area contributed by atoms with Gasteiger partial charge in [0.15, 0.2) is 5.11 Å². The van der Waals surface area contributed by atoms with E-state index in [4.69, 9.17) is 22.7 Å². The quantitative estimate of drug-likeness (QED) is 0.357. The number of benzene rings is 1. The second kappa shape index (κ2) is 11.6.